The minimum absolute atomic E-state index is 0.123. The summed E-state index contributed by atoms with van der Waals surface area (Å²) in [6.07, 6.45) is 11.7. The Balaban J connectivity index is 3.36. The lowest BCUT2D eigenvalue weighted by Crippen LogP contribution is -2.25. The van der Waals surface area contributed by atoms with Crippen LogP contribution in [-0.2, 0) is 14.3 Å². The zero-order chi connectivity index (χ0) is 22.3. The molecule has 0 rings (SSSR count). The second kappa shape index (κ2) is 23.2. The van der Waals surface area contributed by atoms with Crippen LogP contribution in [0.15, 0.2) is 0 Å². The van der Waals surface area contributed by atoms with E-state index in [9.17, 15) is 9.59 Å². The van der Waals surface area contributed by atoms with Crippen LogP contribution in [-0.4, -0.2) is 56.9 Å². The van der Waals surface area contributed by atoms with Gasteiger partial charge in [0.05, 0.1) is 13.5 Å². The fourth-order valence-corrected chi connectivity index (χ4v) is 4.16. The smallest absolute Gasteiger partial charge is 0.220 e. The van der Waals surface area contributed by atoms with Gasteiger partial charge in [0.2, 0.25) is 11.8 Å². The van der Waals surface area contributed by atoms with Gasteiger partial charge in [0.15, 0.2) is 0 Å². The molecule has 7 nitrogen and oxygen atoms in total. The highest BCUT2D eigenvalue weighted by atomic mass is 33.1. The third-order valence-electron chi connectivity index (χ3n) is 4.75. The van der Waals surface area contributed by atoms with Gasteiger partial charge in [-0.2, -0.15) is 0 Å². The van der Waals surface area contributed by atoms with Gasteiger partial charge in [-0.05, 0) is 50.8 Å². The van der Waals surface area contributed by atoms with Crippen LogP contribution in [0.25, 0.3) is 0 Å². The molecule has 0 aliphatic heterocycles. The van der Waals surface area contributed by atoms with E-state index in [1.807, 2.05) is 6.26 Å². The Morgan fingerprint density at radius 1 is 0.900 bits per heavy atom. The molecule has 0 aromatic rings. The van der Waals surface area contributed by atoms with Gasteiger partial charge in [-0.25, -0.2) is 0 Å². The zero-order valence-corrected chi connectivity index (χ0v) is 20.6. The Kier molecular flexibility index (Phi) is 22.8. The molecular formula is C21H44N4O3S2. The molecule has 1 unspecified atom stereocenters. The van der Waals surface area contributed by atoms with Crippen LogP contribution in [0.1, 0.15) is 71.1 Å². The van der Waals surface area contributed by atoms with Crippen LogP contribution in [0.2, 0.25) is 0 Å². The second-order valence-corrected chi connectivity index (χ2v) is 10.2. The van der Waals surface area contributed by atoms with E-state index in [0.717, 1.165) is 57.4 Å². The molecule has 30 heavy (non-hydrogen) atoms. The highest BCUT2D eigenvalue weighted by Crippen LogP contribution is 2.17. The van der Waals surface area contributed by atoms with Gasteiger partial charge < -0.3 is 21.1 Å². The highest BCUT2D eigenvalue weighted by molar-refractivity contribution is 8.76. The van der Waals surface area contributed by atoms with E-state index in [1.165, 1.54) is 12.8 Å². The summed E-state index contributed by atoms with van der Waals surface area (Å²) in [5.74, 6) is 1.83. The van der Waals surface area contributed by atoms with Crippen molar-refractivity contribution in [2.75, 3.05) is 45.1 Å². The minimum Gasteiger partial charge on any atom is -0.356 e. The molecule has 0 aromatic carbocycles. The maximum atomic E-state index is 11.9. The Morgan fingerprint density at radius 3 is 2.27 bits per heavy atom. The lowest BCUT2D eigenvalue weighted by atomic mass is 9.99. The lowest BCUT2D eigenvalue weighted by Gasteiger charge is -2.12. The summed E-state index contributed by atoms with van der Waals surface area (Å²) >= 11 is 0. The first kappa shape index (κ1) is 29.5. The summed E-state index contributed by atoms with van der Waals surface area (Å²) in [7, 11) is 3.39. The van der Waals surface area contributed by atoms with Gasteiger partial charge in [-0.1, -0.05) is 47.8 Å². The van der Waals surface area contributed by atoms with Crippen LogP contribution >= 0.6 is 21.6 Å². The predicted octanol–water partition coefficient (Wildman–Crippen LogP) is 3.25. The summed E-state index contributed by atoms with van der Waals surface area (Å²) in [6, 6.07) is 0. The van der Waals surface area contributed by atoms with Crippen molar-refractivity contribution < 1.29 is 14.3 Å². The monoisotopic (exact) mass is 464 g/mol. The lowest BCUT2D eigenvalue weighted by molar-refractivity contribution is -0.122. The molecule has 5 N–H and O–H groups in total. The van der Waals surface area contributed by atoms with Crippen LogP contribution in [0.5, 0.6) is 0 Å². The zero-order valence-electron chi connectivity index (χ0n) is 19.0. The van der Waals surface area contributed by atoms with Crippen LogP contribution < -0.4 is 21.7 Å². The average Bonchev–Trinajstić information content (AvgIpc) is 2.73. The number of carbonyl (C=O) groups is 2. The fraction of sp³-hybridized carbons (Fsp3) is 0.905. The van der Waals surface area contributed by atoms with E-state index >= 15 is 0 Å². The molecule has 178 valence electrons. The number of hydrogen-bond donors (Lipinski definition) is 4. The first-order valence-corrected chi connectivity index (χ1v) is 14.0. The maximum absolute atomic E-state index is 11.9. The molecule has 2 amide bonds. The number of rotatable bonds is 22. The van der Waals surface area contributed by atoms with Crippen molar-refractivity contribution in [3.05, 3.63) is 0 Å². The minimum atomic E-state index is 0.123. The largest absolute Gasteiger partial charge is 0.356 e. The molecule has 0 bridgehead atoms. The number of nitrogens with one attached hydrogen (secondary N) is 3. The summed E-state index contributed by atoms with van der Waals surface area (Å²) in [5.41, 5.74) is 5.25. The topological polar surface area (TPSA) is 105 Å². The van der Waals surface area contributed by atoms with Crippen molar-refractivity contribution in [3.63, 3.8) is 0 Å². The number of unbranched alkanes of at least 4 members (excludes halogenated alkanes) is 3. The SMILES string of the molecule is CSSCCC(=O)NCCCCCC(=O)NCCCCC(C)CCCNCOCN. The molecule has 0 fully saturated rings. The van der Waals surface area contributed by atoms with Crippen molar-refractivity contribution in [2.24, 2.45) is 11.7 Å². The number of hydrogen-bond acceptors (Lipinski definition) is 7. The van der Waals surface area contributed by atoms with Crippen molar-refractivity contribution in [1.29, 1.82) is 0 Å². The maximum Gasteiger partial charge on any atom is 0.220 e. The molecule has 0 aliphatic carbocycles. The number of amides is 2. The van der Waals surface area contributed by atoms with Crippen molar-refractivity contribution in [1.82, 2.24) is 16.0 Å². The van der Waals surface area contributed by atoms with Crippen LogP contribution in [0.4, 0.5) is 0 Å². The van der Waals surface area contributed by atoms with Crippen molar-refractivity contribution in [2.45, 2.75) is 71.1 Å². The van der Waals surface area contributed by atoms with Crippen molar-refractivity contribution in [3.8, 4) is 0 Å². The summed E-state index contributed by atoms with van der Waals surface area (Å²) in [5, 5.41) is 9.16. The number of ether oxygens (including phenoxy) is 1. The normalized spacial score (nSPS) is 12.0. The van der Waals surface area contributed by atoms with E-state index in [4.69, 9.17) is 10.5 Å². The Hall–Kier alpha value is -0.480. The molecule has 0 heterocycles. The summed E-state index contributed by atoms with van der Waals surface area (Å²) < 4.78 is 5.03. The molecule has 0 saturated heterocycles. The van der Waals surface area contributed by atoms with Gasteiger partial charge in [-0.15, -0.1) is 0 Å². The van der Waals surface area contributed by atoms with Gasteiger partial charge in [0, 0.05) is 31.7 Å². The van der Waals surface area contributed by atoms with E-state index in [0.29, 0.717) is 32.0 Å². The molecule has 1 atom stereocenters. The molecule has 0 radical (unpaired) electrons. The highest BCUT2D eigenvalue weighted by Gasteiger charge is 2.04. The molecule has 0 saturated carbocycles. The Labute approximate surface area is 191 Å². The van der Waals surface area contributed by atoms with Crippen LogP contribution in [0, 0.1) is 5.92 Å². The first-order chi connectivity index (χ1) is 14.6. The summed E-state index contributed by atoms with van der Waals surface area (Å²) in [4.78, 5) is 23.4. The molecule has 0 aromatic heterocycles. The first-order valence-electron chi connectivity index (χ1n) is 11.3. The second-order valence-electron chi connectivity index (χ2n) is 7.51. The Morgan fingerprint density at radius 2 is 1.57 bits per heavy atom. The van der Waals surface area contributed by atoms with E-state index < -0.39 is 0 Å². The molecule has 9 heteroatoms. The standard InChI is InChI=1S/C21H44N4O3S2/c1-19(10-8-13-23-18-28-17-22)9-5-7-15-24-20(26)11-4-3-6-14-25-21(27)12-16-30-29-2/h19,23H,3-18,22H2,1-2H3,(H,24,26)(H,25,27). The van der Waals surface area contributed by atoms with E-state index in [1.54, 1.807) is 21.6 Å². The number of nitrogens with two attached hydrogens (primary N) is 1. The third kappa shape index (κ3) is 22.2. The third-order valence-corrected chi connectivity index (χ3v) is 6.57. The quantitative estimate of drug-likeness (QED) is 0.111. The van der Waals surface area contributed by atoms with E-state index in [-0.39, 0.29) is 18.5 Å². The fourth-order valence-electron chi connectivity index (χ4n) is 2.98. The Bertz CT molecular complexity index is 418. The van der Waals surface area contributed by atoms with Crippen molar-refractivity contribution >= 4 is 33.4 Å². The van der Waals surface area contributed by atoms with Gasteiger partial charge in [0.25, 0.3) is 0 Å². The van der Waals surface area contributed by atoms with Gasteiger partial charge in [0.1, 0.15) is 0 Å². The average molecular weight is 465 g/mol. The van der Waals surface area contributed by atoms with Crippen LogP contribution in [0.3, 0.4) is 0 Å². The van der Waals surface area contributed by atoms with Gasteiger partial charge >= 0.3 is 0 Å². The molecule has 0 aliphatic rings. The van der Waals surface area contributed by atoms with E-state index in [2.05, 4.69) is 22.9 Å². The molecular weight excluding hydrogens is 420 g/mol. The molecule has 0 spiro atoms. The number of carbonyl (C=O) groups excluding carboxylic acids is 2. The summed E-state index contributed by atoms with van der Waals surface area (Å²) in [6.45, 7) is 5.52. The predicted molar refractivity (Wildman–Crippen MR) is 130 cm³/mol. The van der Waals surface area contributed by atoms with Gasteiger partial charge in [-0.3, -0.25) is 14.9 Å².